The monoisotopic (exact) mass is 597 g/mol. The van der Waals surface area contributed by atoms with Gasteiger partial charge in [0, 0.05) is 30.2 Å². The zero-order chi connectivity index (χ0) is 30.1. The number of amides is 2. The summed E-state index contributed by atoms with van der Waals surface area (Å²) in [5, 5.41) is 2.57. The quantitative estimate of drug-likeness (QED) is 0.357. The highest BCUT2D eigenvalue weighted by Gasteiger charge is 2.44. The summed E-state index contributed by atoms with van der Waals surface area (Å²) in [4.78, 5) is 30.1. The van der Waals surface area contributed by atoms with Crippen molar-refractivity contribution in [2.45, 2.75) is 74.8 Å². The summed E-state index contributed by atoms with van der Waals surface area (Å²) in [5.74, 6) is -2.34. The van der Waals surface area contributed by atoms with Crippen molar-refractivity contribution in [3.63, 3.8) is 0 Å². The Balaban J connectivity index is 1.52. The van der Waals surface area contributed by atoms with Crippen LogP contribution in [0.2, 0.25) is 0 Å². The van der Waals surface area contributed by atoms with Crippen LogP contribution in [-0.4, -0.2) is 73.5 Å². The maximum atomic E-state index is 13.5. The van der Waals surface area contributed by atoms with E-state index in [-0.39, 0.29) is 47.2 Å². The van der Waals surface area contributed by atoms with E-state index in [1.54, 1.807) is 4.90 Å². The number of hydrogen-bond acceptors (Lipinski definition) is 5. The van der Waals surface area contributed by atoms with E-state index in [9.17, 15) is 35.6 Å². The molecule has 41 heavy (non-hydrogen) atoms. The molecule has 2 amide bonds. The molecular formula is C29H35F4N3O4S. The van der Waals surface area contributed by atoms with Gasteiger partial charge >= 0.3 is 6.18 Å². The van der Waals surface area contributed by atoms with Gasteiger partial charge in [-0.2, -0.15) is 13.2 Å². The van der Waals surface area contributed by atoms with Crippen LogP contribution in [0.4, 0.5) is 17.6 Å². The topological polar surface area (TPSA) is 86.8 Å². The number of nitrogens with one attached hydrogen (secondary N) is 1. The van der Waals surface area contributed by atoms with E-state index in [4.69, 9.17) is 0 Å². The van der Waals surface area contributed by atoms with Crippen LogP contribution in [0, 0.1) is 11.7 Å². The Morgan fingerprint density at radius 1 is 1.10 bits per heavy atom. The third-order valence-electron chi connectivity index (χ3n) is 8.31. The molecule has 1 saturated carbocycles. The first-order valence-electron chi connectivity index (χ1n) is 13.7. The molecule has 1 heterocycles. The summed E-state index contributed by atoms with van der Waals surface area (Å²) in [6.45, 7) is 4.39. The summed E-state index contributed by atoms with van der Waals surface area (Å²) < 4.78 is 79.5. The van der Waals surface area contributed by atoms with E-state index in [2.05, 4.69) is 24.1 Å². The molecule has 0 spiro atoms. The number of alkyl halides is 3. The molecule has 2 aromatic carbocycles. The highest BCUT2D eigenvalue weighted by Crippen LogP contribution is 2.36. The van der Waals surface area contributed by atoms with Gasteiger partial charge in [0.05, 0.1) is 16.2 Å². The van der Waals surface area contributed by atoms with E-state index in [1.165, 1.54) is 18.2 Å². The average Bonchev–Trinajstić information content (AvgIpc) is 3.27. The van der Waals surface area contributed by atoms with Crippen LogP contribution in [0.1, 0.15) is 55.5 Å². The molecular weight excluding hydrogens is 562 g/mol. The standard InChI is InChI=1S/C29H35F4N3O4S/c1-18(2)35(3)23-9-12-26(20(16-23)17-41(39,40)24-10-7-22(30)8-11-24)36-14-13-25(28(36)38)34-27(37)19-5-4-6-21(15-19)29(31,32)33/h4-8,10-11,15,18,20,23,25-26H,9,12-14,16-17H2,1-3H3,(H,34,37)/t20-,23-,25+,26+/m1/s1. The highest BCUT2D eigenvalue weighted by atomic mass is 32.2. The SMILES string of the molecule is CC(C)N(C)[C@@H]1CC[C@H](N2CC[C@H](NC(=O)c3cccc(C(F)(F)F)c3)C2=O)[C@@H](CS(=O)(=O)c2ccc(F)cc2)C1. The molecule has 0 unspecified atom stereocenters. The molecule has 0 bridgehead atoms. The Bertz CT molecular complexity index is 1360. The molecule has 1 aliphatic heterocycles. The Kier molecular flexibility index (Phi) is 9.13. The summed E-state index contributed by atoms with van der Waals surface area (Å²) in [5.41, 5.74) is -1.16. The summed E-state index contributed by atoms with van der Waals surface area (Å²) in [6, 6.07) is 7.69. The minimum Gasteiger partial charge on any atom is -0.340 e. The van der Waals surface area contributed by atoms with Crippen molar-refractivity contribution in [2.24, 2.45) is 5.92 Å². The molecule has 1 aliphatic carbocycles. The lowest BCUT2D eigenvalue weighted by Gasteiger charge is -2.44. The van der Waals surface area contributed by atoms with Crippen molar-refractivity contribution < 1.29 is 35.6 Å². The maximum Gasteiger partial charge on any atom is 0.416 e. The van der Waals surface area contributed by atoms with E-state index in [1.807, 2.05) is 7.05 Å². The molecule has 7 nitrogen and oxygen atoms in total. The van der Waals surface area contributed by atoms with Gasteiger partial charge < -0.3 is 15.1 Å². The number of halogens is 4. The molecule has 0 radical (unpaired) electrons. The number of nitrogens with zero attached hydrogens (tertiary/aromatic N) is 2. The zero-order valence-electron chi connectivity index (χ0n) is 23.2. The predicted molar refractivity (Wildman–Crippen MR) is 145 cm³/mol. The van der Waals surface area contributed by atoms with Crippen molar-refractivity contribution in [2.75, 3.05) is 19.3 Å². The van der Waals surface area contributed by atoms with E-state index >= 15 is 0 Å². The van der Waals surface area contributed by atoms with Crippen LogP contribution in [0.5, 0.6) is 0 Å². The molecule has 2 fully saturated rings. The Morgan fingerprint density at radius 3 is 2.41 bits per heavy atom. The van der Waals surface area contributed by atoms with Gasteiger partial charge in [0.15, 0.2) is 9.84 Å². The number of hydrogen-bond donors (Lipinski definition) is 1. The van der Waals surface area contributed by atoms with Crippen LogP contribution in [0.15, 0.2) is 53.4 Å². The van der Waals surface area contributed by atoms with Crippen molar-refractivity contribution in [3.8, 4) is 0 Å². The summed E-state index contributed by atoms with van der Waals surface area (Å²) in [7, 11) is -1.81. The number of sulfone groups is 1. The Hall–Kier alpha value is -2.99. The van der Waals surface area contributed by atoms with Gasteiger partial charge in [0.2, 0.25) is 5.91 Å². The minimum absolute atomic E-state index is 0.0102. The third-order valence-corrected chi connectivity index (χ3v) is 10.2. The first-order chi connectivity index (χ1) is 19.2. The van der Waals surface area contributed by atoms with E-state index in [0.29, 0.717) is 12.8 Å². The van der Waals surface area contributed by atoms with Crippen molar-refractivity contribution in [3.05, 3.63) is 65.5 Å². The number of likely N-dealkylation sites (tertiary alicyclic amines) is 1. The molecule has 2 aliphatic rings. The fourth-order valence-corrected chi connectivity index (χ4v) is 7.53. The van der Waals surface area contributed by atoms with Gasteiger partial charge in [-0.3, -0.25) is 9.59 Å². The number of carbonyl (C=O) groups excluding carboxylic acids is 2. The van der Waals surface area contributed by atoms with Crippen LogP contribution in [-0.2, 0) is 20.8 Å². The van der Waals surface area contributed by atoms with E-state index in [0.717, 1.165) is 36.8 Å². The Morgan fingerprint density at radius 2 is 1.78 bits per heavy atom. The van der Waals surface area contributed by atoms with Crippen LogP contribution in [0.3, 0.4) is 0 Å². The molecule has 4 atom stereocenters. The number of benzene rings is 2. The normalized spacial score (nSPS) is 23.8. The third kappa shape index (κ3) is 7.09. The van der Waals surface area contributed by atoms with Crippen molar-refractivity contribution in [1.82, 2.24) is 15.1 Å². The molecule has 2 aromatic rings. The first kappa shape index (κ1) is 31.0. The van der Waals surface area contributed by atoms with Crippen LogP contribution >= 0.6 is 0 Å². The maximum absolute atomic E-state index is 13.5. The van der Waals surface area contributed by atoms with Crippen LogP contribution in [0.25, 0.3) is 0 Å². The average molecular weight is 598 g/mol. The molecule has 12 heteroatoms. The molecule has 1 saturated heterocycles. The molecule has 224 valence electrons. The van der Waals surface area contributed by atoms with Gasteiger partial charge in [-0.25, -0.2) is 12.8 Å². The first-order valence-corrected chi connectivity index (χ1v) is 15.3. The van der Waals surface area contributed by atoms with E-state index < -0.39 is 51.3 Å². The lowest BCUT2D eigenvalue weighted by molar-refractivity contribution is -0.137. The predicted octanol–water partition coefficient (Wildman–Crippen LogP) is 4.53. The minimum atomic E-state index is -4.61. The van der Waals surface area contributed by atoms with Gasteiger partial charge in [-0.15, -0.1) is 0 Å². The Labute approximate surface area is 237 Å². The number of carbonyl (C=O) groups is 2. The van der Waals surface area contributed by atoms with Gasteiger partial charge in [-0.05, 0) is 95.0 Å². The molecule has 4 rings (SSSR count). The molecule has 0 aromatic heterocycles. The smallest absolute Gasteiger partial charge is 0.340 e. The second-order valence-corrected chi connectivity index (χ2v) is 13.2. The zero-order valence-corrected chi connectivity index (χ0v) is 24.0. The fourth-order valence-electron chi connectivity index (χ4n) is 5.87. The van der Waals surface area contributed by atoms with Crippen molar-refractivity contribution >= 4 is 21.7 Å². The lowest BCUT2D eigenvalue weighted by atomic mass is 9.81. The van der Waals surface area contributed by atoms with Gasteiger partial charge in [0.25, 0.3) is 5.91 Å². The largest absolute Gasteiger partial charge is 0.416 e. The highest BCUT2D eigenvalue weighted by molar-refractivity contribution is 7.91. The summed E-state index contributed by atoms with van der Waals surface area (Å²) in [6.07, 6.45) is -2.51. The second-order valence-electron chi connectivity index (χ2n) is 11.2. The van der Waals surface area contributed by atoms with Gasteiger partial charge in [-0.1, -0.05) is 6.07 Å². The lowest BCUT2D eigenvalue weighted by Crippen LogP contribution is -2.53. The summed E-state index contributed by atoms with van der Waals surface area (Å²) >= 11 is 0. The fraction of sp³-hybridized carbons (Fsp3) is 0.517. The van der Waals surface area contributed by atoms with Gasteiger partial charge in [0.1, 0.15) is 11.9 Å². The van der Waals surface area contributed by atoms with Crippen LogP contribution < -0.4 is 5.32 Å². The molecule has 1 N–H and O–H groups in total. The second kappa shape index (κ2) is 12.1. The van der Waals surface area contributed by atoms with Crippen molar-refractivity contribution in [1.29, 1.82) is 0 Å². The number of rotatable bonds is 8.